The lowest BCUT2D eigenvalue weighted by atomic mass is 10.0. The first-order chi connectivity index (χ1) is 9.82. The van der Waals surface area contributed by atoms with Gasteiger partial charge in [-0.1, -0.05) is 0 Å². The Kier molecular flexibility index (Phi) is 6.45. The summed E-state index contributed by atoms with van der Waals surface area (Å²) >= 11 is 0. The number of aliphatic hydroxyl groups is 1. The first-order valence-electron chi connectivity index (χ1n) is 6.80. The monoisotopic (exact) mass is 296 g/mol. The molecule has 0 aliphatic carbocycles. The van der Waals surface area contributed by atoms with Gasteiger partial charge in [-0.05, 0) is 38.1 Å². The van der Waals surface area contributed by atoms with Crippen LogP contribution in [0.3, 0.4) is 0 Å². The van der Waals surface area contributed by atoms with Crippen molar-refractivity contribution in [2.24, 2.45) is 5.73 Å². The van der Waals surface area contributed by atoms with Crippen LogP contribution in [0.5, 0.6) is 11.5 Å². The summed E-state index contributed by atoms with van der Waals surface area (Å²) in [4.78, 5) is 10.9. The highest BCUT2D eigenvalue weighted by Crippen LogP contribution is 2.17. The van der Waals surface area contributed by atoms with E-state index in [0.717, 1.165) is 5.75 Å². The van der Waals surface area contributed by atoms with E-state index < -0.39 is 11.6 Å². The number of carbonyl (C=O) groups is 1. The molecule has 1 aromatic carbocycles. The van der Waals surface area contributed by atoms with Gasteiger partial charge in [0.25, 0.3) is 0 Å². The molecular formula is C15H24N2O4. The Balaban J connectivity index is 2.33. The van der Waals surface area contributed by atoms with Crippen LogP contribution in [0.1, 0.15) is 20.3 Å². The average Bonchev–Trinajstić information content (AvgIpc) is 2.42. The standard InChI is InChI=1S/C15H24N2O4/c1-15(2,8-14(16)19)17-9-11(18)10-21-13-6-4-12(20-3)5-7-13/h4-7,11,17-18H,8-10H2,1-3H3,(H2,16,19). The average molecular weight is 296 g/mol. The molecule has 0 saturated heterocycles. The fourth-order valence-electron chi connectivity index (χ4n) is 1.82. The molecule has 4 N–H and O–H groups in total. The zero-order chi connectivity index (χ0) is 15.9. The van der Waals surface area contributed by atoms with Crippen LogP contribution in [-0.2, 0) is 4.79 Å². The molecular weight excluding hydrogens is 272 g/mol. The minimum absolute atomic E-state index is 0.159. The molecule has 6 nitrogen and oxygen atoms in total. The molecule has 1 amide bonds. The fraction of sp³-hybridized carbons (Fsp3) is 0.533. The lowest BCUT2D eigenvalue weighted by molar-refractivity contribution is -0.119. The number of β-amino-alcohol motifs (C(OH)–C–C–N with tert-alkyl or cyclic N) is 1. The Morgan fingerprint density at radius 3 is 2.43 bits per heavy atom. The van der Waals surface area contributed by atoms with E-state index in [0.29, 0.717) is 12.3 Å². The molecule has 0 aliphatic rings. The highest BCUT2D eigenvalue weighted by atomic mass is 16.5. The molecule has 21 heavy (non-hydrogen) atoms. The summed E-state index contributed by atoms with van der Waals surface area (Å²) in [5.41, 5.74) is 4.72. The molecule has 6 heteroatoms. The van der Waals surface area contributed by atoms with Crippen LogP contribution in [0.2, 0.25) is 0 Å². The number of aliphatic hydroxyl groups excluding tert-OH is 1. The quantitative estimate of drug-likeness (QED) is 0.623. The molecule has 0 aliphatic heterocycles. The van der Waals surface area contributed by atoms with Gasteiger partial charge in [0.15, 0.2) is 0 Å². The number of hydrogen-bond donors (Lipinski definition) is 3. The van der Waals surface area contributed by atoms with Crippen LogP contribution >= 0.6 is 0 Å². The number of benzene rings is 1. The van der Waals surface area contributed by atoms with E-state index >= 15 is 0 Å². The van der Waals surface area contributed by atoms with E-state index in [-0.39, 0.29) is 18.9 Å². The summed E-state index contributed by atoms with van der Waals surface area (Å²) in [6.07, 6.45) is -0.474. The van der Waals surface area contributed by atoms with Gasteiger partial charge in [-0.25, -0.2) is 0 Å². The molecule has 0 heterocycles. The number of carbonyl (C=O) groups excluding carboxylic acids is 1. The number of hydrogen-bond acceptors (Lipinski definition) is 5. The molecule has 0 saturated carbocycles. The molecule has 0 bridgehead atoms. The Morgan fingerprint density at radius 2 is 1.90 bits per heavy atom. The van der Waals surface area contributed by atoms with Crippen molar-refractivity contribution in [3.8, 4) is 11.5 Å². The van der Waals surface area contributed by atoms with Gasteiger partial charge in [0.1, 0.15) is 24.2 Å². The maximum atomic E-state index is 10.9. The van der Waals surface area contributed by atoms with Crippen molar-refractivity contribution >= 4 is 5.91 Å². The second-order valence-corrected chi connectivity index (χ2v) is 5.55. The van der Waals surface area contributed by atoms with E-state index in [1.165, 1.54) is 0 Å². The molecule has 1 unspecified atom stereocenters. The second kappa shape index (κ2) is 7.85. The van der Waals surface area contributed by atoms with E-state index in [9.17, 15) is 9.90 Å². The van der Waals surface area contributed by atoms with Gasteiger partial charge in [0, 0.05) is 18.5 Å². The lowest BCUT2D eigenvalue weighted by Gasteiger charge is -2.26. The maximum absolute atomic E-state index is 10.9. The second-order valence-electron chi connectivity index (χ2n) is 5.55. The molecule has 0 radical (unpaired) electrons. The first kappa shape index (κ1) is 17.3. The van der Waals surface area contributed by atoms with Crippen LogP contribution in [0.15, 0.2) is 24.3 Å². The van der Waals surface area contributed by atoms with Crippen molar-refractivity contribution < 1.29 is 19.4 Å². The van der Waals surface area contributed by atoms with Crippen molar-refractivity contribution in [2.75, 3.05) is 20.3 Å². The Labute approximate surface area is 125 Å². The molecule has 0 aromatic heterocycles. The van der Waals surface area contributed by atoms with Gasteiger partial charge in [-0.15, -0.1) is 0 Å². The molecule has 0 spiro atoms. The van der Waals surface area contributed by atoms with Crippen LogP contribution in [0, 0.1) is 0 Å². The van der Waals surface area contributed by atoms with Crippen molar-refractivity contribution in [2.45, 2.75) is 31.9 Å². The van der Waals surface area contributed by atoms with Crippen molar-refractivity contribution in [3.05, 3.63) is 24.3 Å². The summed E-state index contributed by atoms with van der Waals surface area (Å²) in [5, 5.41) is 13.0. The van der Waals surface area contributed by atoms with Gasteiger partial charge in [-0.3, -0.25) is 4.79 Å². The minimum atomic E-state index is -0.681. The summed E-state index contributed by atoms with van der Waals surface area (Å²) in [5.74, 6) is 1.03. The third-order valence-corrected chi connectivity index (χ3v) is 2.93. The topological polar surface area (TPSA) is 93.8 Å². The molecule has 0 fully saturated rings. The lowest BCUT2D eigenvalue weighted by Crippen LogP contribution is -2.46. The number of nitrogens with two attached hydrogens (primary N) is 1. The number of primary amides is 1. The summed E-state index contributed by atoms with van der Waals surface area (Å²) < 4.78 is 10.5. The SMILES string of the molecule is COc1ccc(OCC(O)CNC(C)(C)CC(N)=O)cc1. The van der Waals surface area contributed by atoms with Crippen LogP contribution < -0.4 is 20.5 Å². The van der Waals surface area contributed by atoms with E-state index in [1.54, 1.807) is 31.4 Å². The largest absolute Gasteiger partial charge is 0.497 e. The number of nitrogens with one attached hydrogen (secondary N) is 1. The van der Waals surface area contributed by atoms with Gasteiger partial charge >= 0.3 is 0 Å². The smallest absolute Gasteiger partial charge is 0.219 e. The molecule has 1 atom stereocenters. The number of ether oxygens (including phenoxy) is 2. The number of methoxy groups -OCH3 is 1. The predicted molar refractivity (Wildman–Crippen MR) is 80.4 cm³/mol. The van der Waals surface area contributed by atoms with E-state index in [1.807, 2.05) is 13.8 Å². The summed E-state index contributed by atoms with van der Waals surface area (Å²) in [6.45, 7) is 4.19. The highest BCUT2D eigenvalue weighted by molar-refractivity contribution is 5.74. The minimum Gasteiger partial charge on any atom is -0.497 e. The van der Waals surface area contributed by atoms with Gasteiger partial charge < -0.3 is 25.6 Å². The van der Waals surface area contributed by atoms with Crippen LogP contribution in [0.4, 0.5) is 0 Å². The van der Waals surface area contributed by atoms with Gasteiger partial charge in [0.05, 0.1) is 7.11 Å². The van der Waals surface area contributed by atoms with Crippen LogP contribution in [-0.4, -0.2) is 42.9 Å². The predicted octanol–water partition coefficient (Wildman–Crippen LogP) is 0.678. The fourth-order valence-corrected chi connectivity index (χ4v) is 1.82. The molecule has 118 valence electrons. The zero-order valence-electron chi connectivity index (χ0n) is 12.8. The Hall–Kier alpha value is -1.79. The van der Waals surface area contributed by atoms with Gasteiger partial charge in [0.2, 0.25) is 5.91 Å². The molecule has 1 aromatic rings. The number of rotatable bonds is 9. The first-order valence-corrected chi connectivity index (χ1v) is 6.80. The normalized spacial score (nSPS) is 12.8. The third kappa shape index (κ3) is 6.97. The maximum Gasteiger partial charge on any atom is 0.219 e. The summed E-state index contributed by atoms with van der Waals surface area (Å²) in [7, 11) is 1.60. The van der Waals surface area contributed by atoms with Crippen LogP contribution in [0.25, 0.3) is 0 Å². The van der Waals surface area contributed by atoms with Crippen molar-refractivity contribution in [1.82, 2.24) is 5.32 Å². The summed E-state index contributed by atoms with van der Waals surface area (Å²) in [6, 6.07) is 7.12. The zero-order valence-corrected chi connectivity index (χ0v) is 12.8. The van der Waals surface area contributed by atoms with Crippen molar-refractivity contribution in [1.29, 1.82) is 0 Å². The van der Waals surface area contributed by atoms with E-state index in [4.69, 9.17) is 15.2 Å². The Morgan fingerprint density at radius 1 is 1.33 bits per heavy atom. The van der Waals surface area contributed by atoms with Crippen molar-refractivity contribution in [3.63, 3.8) is 0 Å². The van der Waals surface area contributed by atoms with E-state index in [2.05, 4.69) is 5.32 Å². The molecule has 1 rings (SSSR count). The highest BCUT2D eigenvalue weighted by Gasteiger charge is 2.21. The third-order valence-electron chi connectivity index (χ3n) is 2.93. The Bertz CT molecular complexity index is 445. The van der Waals surface area contributed by atoms with Gasteiger partial charge in [-0.2, -0.15) is 0 Å². The number of amides is 1.